The summed E-state index contributed by atoms with van der Waals surface area (Å²) >= 11 is 0. The van der Waals surface area contributed by atoms with Gasteiger partial charge in [-0.3, -0.25) is 14.3 Å². The molecule has 2 aromatic carbocycles. The molecule has 1 aromatic heterocycles. The molecular weight excluding hydrogens is 384 g/mol. The standard InChI is InChI=1S/C22H22N4O4/c27-20(23-12-15-7-8-18-19(11-15)30-14-29-18)13-26-17-6-2-1-5-16(17)21(24-26)22(28)25-9-3-4-10-25/h1-2,5-8,11H,3-4,9-10,12-14H2,(H,23,27). The van der Waals surface area contributed by atoms with E-state index in [0.717, 1.165) is 42.4 Å². The first-order chi connectivity index (χ1) is 14.7. The molecule has 0 aliphatic carbocycles. The molecule has 2 aliphatic heterocycles. The summed E-state index contributed by atoms with van der Waals surface area (Å²) in [5.74, 6) is 1.15. The molecule has 0 unspecified atom stereocenters. The zero-order chi connectivity index (χ0) is 20.5. The number of benzene rings is 2. The van der Waals surface area contributed by atoms with Crippen molar-refractivity contribution < 1.29 is 19.1 Å². The number of carbonyl (C=O) groups excluding carboxylic acids is 2. The third-order valence-electron chi connectivity index (χ3n) is 5.47. The summed E-state index contributed by atoms with van der Waals surface area (Å²) in [7, 11) is 0. The second kappa shape index (κ2) is 7.70. The van der Waals surface area contributed by atoms with Gasteiger partial charge in [-0.05, 0) is 36.6 Å². The van der Waals surface area contributed by atoms with E-state index in [1.165, 1.54) is 0 Å². The smallest absolute Gasteiger partial charge is 0.275 e. The van der Waals surface area contributed by atoms with Crippen molar-refractivity contribution >= 4 is 22.7 Å². The number of ether oxygens (including phenoxy) is 2. The fourth-order valence-corrected chi connectivity index (χ4v) is 3.92. The first kappa shape index (κ1) is 18.5. The van der Waals surface area contributed by atoms with Crippen LogP contribution in [-0.2, 0) is 17.9 Å². The highest BCUT2D eigenvalue weighted by Crippen LogP contribution is 2.32. The molecule has 5 rings (SSSR count). The van der Waals surface area contributed by atoms with E-state index in [1.54, 1.807) is 4.68 Å². The van der Waals surface area contributed by atoms with E-state index in [2.05, 4.69) is 10.4 Å². The first-order valence-corrected chi connectivity index (χ1v) is 10.1. The number of amides is 2. The molecule has 8 nitrogen and oxygen atoms in total. The van der Waals surface area contributed by atoms with Crippen molar-refractivity contribution in [2.75, 3.05) is 19.9 Å². The SMILES string of the molecule is O=C(Cn1nc(C(=O)N2CCCC2)c2ccccc21)NCc1ccc2c(c1)OCO2. The fraction of sp³-hybridized carbons (Fsp3) is 0.318. The Balaban J connectivity index is 1.31. The highest BCUT2D eigenvalue weighted by atomic mass is 16.7. The molecule has 1 saturated heterocycles. The highest BCUT2D eigenvalue weighted by molar-refractivity contribution is 6.05. The molecule has 0 radical (unpaired) electrons. The maximum Gasteiger partial charge on any atom is 0.275 e. The number of rotatable bonds is 5. The van der Waals surface area contributed by atoms with Crippen LogP contribution in [0.5, 0.6) is 11.5 Å². The lowest BCUT2D eigenvalue weighted by atomic mass is 10.2. The lowest BCUT2D eigenvalue weighted by Crippen LogP contribution is -2.29. The molecular formula is C22H22N4O4. The van der Waals surface area contributed by atoms with Crippen LogP contribution in [0.3, 0.4) is 0 Å². The number of nitrogens with zero attached hydrogens (tertiary/aromatic N) is 3. The monoisotopic (exact) mass is 406 g/mol. The average molecular weight is 406 g/mol. The fourth-order valence-electron chi connectivity index (χ4n) is 3.92. The van der Waals surface area contributed by atoms with Gasteiger partial charge in [-0.1, -0.05) is 24.3 Å². The summed E-state index contributed by atoms with van der Waals surface area (Å²) in [6, 6.07) is 13.1. The van der Waals surface area contributed by atoms with Gasteiger partial charge in [0.1, 0.15) is 6.54 Å². The molecule has 1 fully saturated rings. The normalized spacial score (nSPS) is 15.0. The molecule has 0 bridgehead atoms. The lowest BCUT2D eigenvalue weighted by molar-refractivity contribution is -0.121. The minimum absolute atomic E-state index is 0.0400. The molecule has 1 N–H and O–H groups in total. The van der Waals surface area contributed by atoms with Gasteiger partial charge in [0, 0.05) is 25.0 Å². The number of hydrogen-bond donors (Lipinski definition) is 1. The predicted molar refractivity (Wildman–Crippen MR) is 109 cm³/mol. The van der Waals surface area contributed by atoms with Crippen LogP contribution < -0.4 is 14.8 Å². The molecule has 3 aromatic rings. The second-order valence-corrected chi connectivity index (χ2v) is 7.49. The Bertz CT molecular complexity index is 1120. The van der Waals surface area contributed by atoms with E-state index >= 15 is 0 Å². The van der Waals surface area contributed by atoms with Gasteiger partial charge in [0.05, 0.1) is 5.52 Å². The average Bonchev–Trinajstić information content (AvgIpc) is 3.52. The molecule has 0 atom stereocenters. The number of likely N-dealkylation sites (tertiary alicyclic amines) is 1. The maximum absolute atomic E-state index is 12.9. The molecule has 30 heavy (non-hydrogen) atoms. The van der Waals surface area contributed by atoms with Crippen LogP contribution in [0.1, 0.15) is 28.9 Å². The summed E-state index contributed by atoms with van der Waals surface area (Å²) in [5.41, 5.74) is 2.11. The van der Waals surface area contributed by atoms with Gasteiger partial charge in [-0.15, -0.1) is 0 Å². The Morgan fingerprint density at radius 3 is 2.70 bits per heavy atom. The van der Waals surface area contributed by atoms with Crippen molar-refractivity contribution in [3.05, 3.63) is 53.7 Å². The molecule has 0 spiro atoms. The number of hydrogen-bond acceptors (Lipinski definition) is 5. The Hall–Kier alpha value is -3.55. The third kappa shape index (κ3) is 3.45. The van der Waals surface area contributed by atoms with E-state index < -0.39 is 0 Å². The van der Waals surface area contributed by atoms with Crippen LogP contribution in [0, 0.1) is 0 Å². The summed E-state index contributed by atoms with van der Waals surface area (Å²) in [4.78, 5) is 27.3. The van der Waals surface area contributed by atoms with Crippen molar-refractivity contribution in [2.24, 2.45) is 0 Å². The zero-order valence-electron chi connectivity index (χ0n) is 16.5. The van der Waals surface area contributed by atoms with Gasteiger partial charge in [-0.25, -0.2) is 0 Å². The third-order valence-corrected chi connectivity index (χ3v) is 5.47. The van der Waals surface area contributed by atoms with Crippen LogP contribution in [0.4, 0.5) is 0 Å². The molecule has 154 valence electrons. The van der Waals surface area contributed by atoms with E-state index in [1.807, 2.05) is 47.4 Å². The van der Waals surface area contributed by atoms with E-state index in [-0.39, 0.29) is 25.2 Å². The van der Waals surface area contributed by atoms with Gasteiger partial charge in [0.15, 0.2) is 17.2 Å². The topological polar surface area (TPSA) is 85.7 Å². The number of aromatic nitrogens is 2. The minimum atomic E-state index is -0.180. The predicted octanol–water partition coefficient (Wildman–Crippen LogP) is 2.32. The van der Waals surface area contributed by atoms with E-state index in [4.69, 9.17) is 9.47 Å². The minimum Gasteiger partial charge on any atom is -0.454 e. The van der Waals surface area contributed by atoms with Gasteiger partial charge in [-0.2, -0.15) is 5.10 Å². The maximum atomic E-state index is 12.9. The molecule has 3 heterocycles. The number of fused-ring (bicyclic) bond motifs is 2. The summed E-state index contributed by atoms with van der Waals surface area (Å²) in [5, 5.41) is 8.19. The summed E-state index contributed by atoms with van der Waals surface area (Å²) in [6.07, 6.45) is 2.04. The Kier molecular flexibility index (Phi) is 4.74. The van der Waals surface area contributed by atoms with Crippen LogP contribution in [0.25, 0.3) is 10.9 Å². The number of para-hydroxylation sites is 1. The van der Waals surface area contributed by atoms with Crippen molar-refractivity contribution in [1.82, 2.24) is 20.0 Å². The van der Waals surface area contributed by atoms with Crippen molar-refractivity contribution in [1.29, 1.82) is 0 Å². The second-order valence-electron chi connectivity index (χ2n) is 7.49. The quantitative estimate of drug-likeness (QED) is 0.703. The first-order valence-electron chi connectivity index (χ1n) is 10.1. The van der Waals surface area contributed by atoms with Crippen molar-refractivity contribution in [3.63, 3.8) is 0 Å². The van der Waals surface area contributed by atoms with Gasteiger partial charge in [0.2, 0.25) is 12.7 Å². The Morgan fingerprint density at radius 1 is 1.03 bits per heavy atom. The van der Waals surface area contributed by atoms with E-state index in [9.17, 15) is 9.59 Å². The van der Waals surface area contributed by atoms with Crippen molar-refractivity contribution in [2.45, 2.75) is 25.9 Å². The van der Waals surface area contributed by atoms with Crippen LogP contribution >= 0.6 is 0 Å². The van der Waals surface area contributed by atoms with Gasteiger partial charge < -0.3 is 19.7 Å². The lowest BCUT2D eigenvalue weighted by Gasteiger charge is -2.13. The number of carbonyl (C=O) groups is 2. The summed E-state index contributed by atoms with van der Waals surface area (Å²) in [6.45, 7) is 2.15. The van der Waals surface area contributed by atoms with Crippen molar-refractivity contribution in [3.8, 4) is 11.5 Å². The molecule has 8 heteroatoms. The van der Waals surface area contributed by atoms with Crippen LogP contribution in [-0.4, -0.2) is 46.4 Å². The van der Waals surface area contributed by atoms with Crippen LogP contribution in [0.15, 0.2) is 42.5 Å². The number of nitrogens with one attached hydrogen (secondary N) is 1. The van der Waals surface area contributed by atoms with Gasteiger partial charge in [0.25, 0.3) is 5.91 Å². The Morgan fingerprint density at radius 2 is 1.83 bits per heavy atom. The van der Waals surface area contributed by atoms with Crippen LogP contribution in [0.2, 0.25) is 0 Å². The summed E-state index contributed by atoms with van der Waals surface area (Å²) < 4.78 is 12.3. The molecule has 2 aliphatic rings. The molecule has 0 saturated carbocycles. The molecule has 2 amide bonds. The largest absolute Gasteiger partial charge is 0.454 e. The Labute approximate surface area is 173 Å². The highest BCUT2D eigenvalue weighted by Gasteiger charge is 2.25. The van der Waals surface area contributed by atoms with Gasteiger partial charge >= 0.3 is 0 Å². The van der Waals surface area contributed by atoms with E-state index in [0.29, 0.717) is 23.7 Å². The zero-order valence-corrected chi connectivity index (χ0v) is 16.5.